The Kier molecular flexibility index (Phi) is 3.26. The van der Waals surface area contributed by atoms with Gasteiger partial charge in [0.25, 0.3) is 0 Å². The molecule has 3 heteroatoms. The van der Waals surface area contributed by atoms with E-state index in [-0.39, 0.29) is 0 Å². The van der Waals surface area contributed by atoms with Crippen LogP contribution < -0.4 is 0 Å². The minimum absolute atomic E-state index is 0.642. The fourth-order valence-corrected chi connectivity index (χ4v) is 3.06. The number of hydrogen-bond acceptors (Lipinski definition) is 2. The number of nitrogens with zero attached hydrogens (tertiary/aromatic N) is 1. The van der Waals surface area contributed by atoms with Crippen molar-refractivity contribution in [1.29, 1.82) is 0 Å². The number of carbonyl (C=O) groups is 1. The van der Waals surface area contributed by atoms with Gasteiger partial charge in [-0.3, -0.25) is 9.78 Å². The third-order valence-corrected chi connectivity index (χ3v) is 4.27. The molecule has 0 amide bonds. The molecule has 0 saturated heterocycles. The van der Waals surface area contributed by atoms with Crippen LogP contribution in [0.25, 0.3) is 0 Å². The zero-order chi connectivity index (χ0) is 14.0. The maximum absolute atomic E-state index is 11.8. The van der Waals surface area contributed by atoms with Gasteiger partial charge < -0.3 is 5.11 Å². The predicted octanol–water partition coefficient (Wildman–Crippen LogP) is 2.88. The monoisotopic (exact) mass is 267 g/mol. The summed E-state index contributed by atoms with van der Waals surface area (Å²) in [4.78, 5) is 15.8. The van der Waals surface area contributed by atoms with Crippen molar-refractivity contribution in [2.75, 3.05) is 0 Å². The Morgan fingerprint density at radius 2 is 1.70 bits per heavy atom. The molecule has 0 spiro atoms. The summed E-state index contributed by atoms with van der Waals surface area (Å²) in [5, 5.41) is 9.70. The number of carboxylic acids is 1. The lowest BCUT2D eigenvalue weighted by molar-refractivity contribution is -0.148. The fraction of sp³-hybridized carbons (Fsp3) is 0.294. The van der Waals surface area contributed by atoms with E-state index in [2.05, 4.69) is 4.98 Å². The normalized spacial score (nSPS) is 15.8. The number of hydrogen-bond donors (Lipinski definition) is 1. The van der Waals surface area contributed by atoms with Gasteiger partial charge in [0, 0.05) is 12.4 Å². The van der Waals surface area contributed by atoms with E-state index in [1.807, 2.05) is 36.4 Å². The summed E-state index contributed by atoms with van der Waals surface area (Å²) in [5.74, 6) is -0.678. The molecule has 3 rings (SSSR count). The van der Waals surface area contributed by atoms with Crippen LogP contribution in [0.3, 0.4) is 0 Å². The van der Waals surface area contributed by atoms with Crippen molar-refractivity contribution in [2.24, 2.45) is 5.41 Å². The average Bonchev–Trinajstić information content (AvgIpc) is 2.86. The minimum Gasteiger partial charge on any atom is -0.481 e. The third-order valence-electron chi connectivity index (χ3n) is 4.27. The molecule has 20 heavy (non-hydrogen) atoms. The second kappa shape index (κ2) is 5.08. The van der Waals surface area contributed by atoms with E-state index in [0.717, 1.165) is 12.0 Å². The van der Waals surface area contributed by atoms with Gasteiger partial charge in [0.1, 0.15) is 0 Å². The van der Waals surface area contributed by atoms with Crippen molar-refractivity contribution in [1.82, 2.24) is 4.98 Å². The number of aliphatic carboxylic acids is 1. The molecule has 1 aromatic carbocycles. The van der Waals surface area contributed by atoms with Crippen LogP contribution in [0.15, 0.2) is 48.8 Å². The van der Waals surface area contributed by atoms with Crippen LogP contribution in [-0.2, 0) is 24.1 Å². The van der Waals surface area contributed by atoms with E-state index in [9.17, 15) is 9.90 Å². The van der Waals surface area contributed by atoms with Crippen molar-refractivity contribution in [3.63, 3.8) is 0 Å². The summed E-state index contributed by atoms with van der Waals surface area (Å²) >= 11 is 0. The number of aromatic nitrogens is 1. The number of pyridine rings is 1. The molecule has 102 valence electrons. The highest BCUT2D eigenvalue weighted by atomic mass is 16.4. The third kappa shape index (κ3) is 2.31. The quantitative estimate of drug-likeness (QED) is 0.926. The Hall–Kier alpha value is -2.16. The summed E-state index contributed by atoms with van der Waals surface area (Å²) in [6.07, 6.45) is 6.25. The highest BCUT2D eigenvalue weighted by molar-refractivity contribution is 5.77. The van der Waals surface area contributed by atoms with Crippen molar-refractivity contribution < 1.29 is 9.90 Å². The van der Waals surface area contributed by atoms with Gasteiger partial charge in [-0.15, -0.1) is 0 Å². The number of benzene rings is 1. The fourth-order valence-electron chi connectivity index (χ4n) is 3.06. The van der Waals surface area contributed by atoms with Gasteiger partial charge >= 0.3 is 5.97 Å². The van der Waals surface area contributed by atoms with E-state index >= 15 is 0 Å². The van der Waals surface area contributed by atoms with Gasteiger partial charge in [0.05, 0.1) is 5.41 Å². The van der Waals surface area contributed by atoms with Crippen LogP contribution in [0.1, 0.15) is 23.1 Å². The van der Waals surface area contributed by atoms with Crippen molar-refractivity contribution in [2.45, 2.75) is 25.7 Å². The van der Waals surface area contributed by atoms with Crippen LogP contribution in [0.5, 0.6) is 0 Å². The second-order valence-corrected chi connectivity index (χ2v) is 5.56. The zero-order valence-electron chi connectivity index (χ0n) is 11.2. The lowest BCUT2D eigenvalue weighted by Gasteiger charge is -2.23. The van der Waals surface area contributed by atoms with E-state index in [0.29, 0.717) is 19.3 Å². The minimum atomic E-state index is -0.678. The van der Waals surface area contributed by atoms with Crippen LogP contribution in [-0.4, -0.2) is 16.1 Å². The first kappa shape index (κ1) is 12.9. The van der Waals surface area contributed by atoms with Crippen molar-refractivity contribution in [3.05, 3.63) is 65.5 Å². The van der Waals surface area contributed by atoms with E-state index in [1.54, 1.807) is 12.4 Å². The maximum Gasteiger partial charge on any atom is 0.310 e. The molecule has 1 aromatic heterocycles. The van der Waals surface area contributed by atoms with Crippen LogP contribution in [0.4, 0.5) is 0 Å². The molecule has 0 aliphatic heterocycles. The molecular weight excluding hydrogens is 250 g/mol. The van der Waals surface area contributed by atoms with Gasteiger partial charge in [-0.1, -0.05) is 24.3 Å². The maximum atomic E-state index is 11.8. The second-order valence-electron chi connectivity index (χ2n) is 5.56. The number of rotatable bonds is 4. The molecule has 3 nitrogen and oxygen atoms in total. The molecule has 0 saturated carbocycles. The van der Waals surface area contributed by atoms with Gasteiger partial charge in [-0.2, -0.15) is 0 Å². The number of carboxylic acid groups (broad SMARTS) is 1. The first-order chi connectivity index (χ1) is 9.70. The van der Waals surface area contributed by atoms with Gasteiger partial charge in [-0.05, 0) is 54.5 Å². The Morgan fingerprint density at radius 1 is 1.10 bits per heavy atom. The molecule has 1 aliphatic carbocycles. The average molecular weight is 267 g/mol. The summed E-state index contributed by atoms with van der Waals surface area (Å²) in [6, 6.07) is 12.0. The first-order valence-electron chi connectivity index (χ1n) is 6.89. The topological polar surface area (TPSA) is 50.2 Å². The molecule has 1 heterocycles. The van der Waals surface area contributed by atoms with E-state index in [4.69, 9.17) is 0 Å². The molecule has 0 fully saturated rings. The highest BCUT2D eigenvalue weighted by Gasteiger charge is 2.43. The summed E-state index contributed by atoms with van der Waals surface area (Å²) in [5.41, 5.74) is 2.87. The van der Waals surface area contributed by atoms with Gasteiger partial charge in [0.2, 0.25) is 0 Å². The molecule has 2 aromatic rings. The smallest absolute Gasteiger partial charge is 0.310 e. The van der Waals surface area contributed by atoms with Gasteiger partial charge in [0.15, 0.2) is 0 Å². The molecular formula is C17H17NO2. The highest BCUT2D eigenvalue weighted by Crippen LogP contribution is 2.40. The lowest BCUT2D eigenvalue weighted by atomic mass is 9.79. The summed E-state index contributed by atoms with van der Waals surface area (Å²) in [6.45, 7) is 0. The van der Waals surface area contributed by atoms with Crippen LogP contribution >= 0.6 is 0 Å². The van der Waals surface area contributed by atoms with E-state index in [1.165, 1.54) is 11.1 Å². The first-order valence-corrected chi connectivity index (χ1v) is 6.89. The van der Waals surface area contributed by atoms with E-state index < -0.39 is 11.4 Å². The lowest BCUT2D eigenvalue weighted by Crippen LogP contribution is -2.32. The molecule has 0 atom stereocenters. The molecule has 1 aliphatic rings. The van der Waals surface area contributed by atoms with Crippen LogP contribution in [0.2, 0.25) is 0 Å². The number of aryl methyl sites for hydroxylation is 1. The van der Waals surface area contributed by atoms with Crippen molar-refractivity contribution >= 4 is 5.97 Å². The summed E-state index contributed by atoms with van der Waals surface area (Å²) < 4.78 is 0. The predicted molar refractivity (Wildman–Crippen MR) is 76.5 cm³/mol. The Labute approximate surface area is 118 Å². The van der Waals surface area contributed by atoms with Crippen molar-refractivity contribution in [3.8, 4) is 0 Å². The zero-order valence-corrected chi connectivity index (χ0v) is 11.2. The molecule has 0 radical (unpaired) electrons. The van der Waals surface area contributed by atoms with Crippen LogP contribution in [0, 0.1) is 5.41 Å². The molecule has 0 bridgehead atoms. The largest absolute Gasteiger partial charge is 0.481 e. The Balaban J connectivity index is 1.80. The number of fused-ring (bicyclic) bond motifs is 1. The molecule has 0 unspecified atom stereocenters. The SMILES string of the molecule is O=C(O)C1(CCc2ccncc2)Cc2ccccc2C1. The Morgan fingerprint density at radius 3 is 2.25 bits per heavy atom. The van der Waals surface area contributed by atoms with Gasteiger partial charge in [-0.25, -0.2) is 0 Å². The standard InChI is InChI=1S/C17H17NO2/c19-16(20)17(8-5-13-6-9-18-10-7-13)11-14-3-1-2-4-15(14)12-17/h1-4,6-7,9-10H,5,8,11-12H2,(H,19,20). The summed E-state index contributed by atoms with van der Waals surface area (Å²) in [7, 11) is 0. The Bertz CT molecular complexity index is 597. The molecule has 1 N–H and O–H groups in total.